The van der Waals surface area contributed by atoms with Crippen molar-refractivity contribution in [2.45, 2.75) is 31.7 Å². The maximum atomic E-state index is 12.5. The monoisotopic (exact) mass is 451 g/mol. The molecule has 0 aliphatic rings. The highest BCUT2D eigenvalue weighted by Crippen LogP contribution is 2.26. The lowest BCUT2D eigenvalue weighted by Gasteiger charge is -2.16. The van der Waals surface area contributed by atoms with Gasteiger partial charge in [0.1, 0.15) is 0 Å². The smallest absolute Gasteiger partial charge is 0.408 e. The first kappa shape index (κ1) is 22.1. The van der Waals surface area contributed by atoms with E-state index in [9.17, 15) is 18.0 Å². The molecular weight excluding hydrogens is 430 g/mol. The molecule has 0 spiro atoms. The van der Waals surface area contributed by atoms with Gasteiger partial charge in [-0.1, -0.05) is 11.6 Å². The molecule has 0 fully saturated rings. The van der Waals surface area contributed by atoms with Crippen LogP contribution in [0.15, 0.2) is 44.4 Å². The van der Waals surface area contributed by atoms with E-state index < -0.39 is 15.8 Å². The molecule has 10 heteroatoms. The van der Waals surface area contributed by atoms with E-state index in [-0.39, 0.29) is 23.8 Å². The fraction of sp³-hybridized carbons (Fsp3) is 0.300. The summed E-state index contributed by atoms with van der Waals surface area (Å²) in [5.74, 6) is -0.932. The number of nitrogens with zero attached hydrogens (tertiary/aromatic N) is 2. The number of sulfonamides is 1. The highest BCUT2D eigenvalue weighted by molar-refractivity contribution is 7.89. The van der Waals surface area contributed by atoms with Crippen molar-refractivity contribution in [2.24, 2.45) is 0 Å². The molecule has 3 aromatic rings. The number of carbonyl (C=O) groups excluding carboxylic acids is 1. The Kier molecular flexibility index (Phi) is 6.07. The van der Waals surface area contributed by atoms with Gasteiger partial charge in [-0.15, -0.1) is 0 Å². The second-order valence-corrected chi connectivity index (χ2v) is 9.72. The maximum absolute atomic E-state index is 12.5. The van der Waals surface area contributed by atoms with Crippen LogP contribution in [-0.4, -0.2) is 37.3 Å². The number of rotatable bonds is 6. The van der Waals surface area contributed by atoms with Gasteiger partial charge >= 0.3 is 5.76 Å². The second kappa shape index (κ2) is 8.25. The summed E-state index contributed by atoms with van der Waals surface area (Å²) in [6.07, 6.45) is 0.000310. The van der Waals surface area contributed by atoms with E-state index in [1.807, 2.05) is 0 Å². The van der Waals surface area contributed by atoms with Crippen LogP contribution in [0.4, 0.5) is 5.69 Å². The number of anilines is 1. The SMILES string of the molecule is Cc1cc(S(=O)(=O)N(C)C)cc(NC(=O)CCn2c(=O)oc3cc(Cl)ccc32)c1C. The molecule has 2 aromatic carbocycles. The summed E-state index contributed by atoms with van der Waals surface area (Å²) in [5.41, 5.74) is 2.81. The van der Waals surface area contributed by atoms with E-state index in [1.165, 1.54) is 30.8 Å². The highest BCUT2D eigenvalue weighted by atomic mass is 35.5. The summed E-state index contributed by atoms with van der Waals surface area (Å²) < 4.78 is 32.5. The van der Waals surface area contributed by atoms with Gasteiger partial charge < -0.3 is 9.73 Å². The zero-order valence-electron chi connectivity index (χ0n) is 17.0. The number of benzene rings is 2. The van der Waals surface area contributed by atoms with Crippen LogP contribution in [0.5, 0.6) is 0 Å². The summed E-state index contributed by atoms with van der Waals surface area (Å²) in [7, 11) is -0.748. The molecule has 0 aliphatic carbocycles. The Morgan fingerprint density at radius 2 is 1.90 bits per heavy atom. The molecule has 0 aliphatic heterocycles. The molecular formula is C20H22ClN3O5S. The Labute approximate surface area is 179 Å². The third-order valence-electron chi connectivity index (χ3n) is 4.89. The van der Waals surface area contributed by atoms with E-state index in [1.54, 1.807) is 32.0 Å². The van der Waals surface area contributed by atoms with Crippen LogP contribution in [0.3, 0.4) is 0 Å². The molecule has 1 N–H and O–H groups in total. The molecule has 8 nitrogen and oxygen atoms in total. The minimum absolute atomic E-state index is 0.000310. The largest absolute Gasteiger partial charge is 0.419 e. The van der Waals surface area contributed by atoms with Crippen molar-refractivity contribution in [1.82, 2.24) is 8.87 Å². The Balaban J connectivity index is 1.81. The number of fused-ring (bicyclic) bond motifs is 1. The van der Waals surface area contributed by atoms with Crippen molar-refractivity contribution in [1.29, 1.82) is 0 Å². The van der Waals surface area contributed by atoms with Gasteiger partial charge in [-0.2, -0.15) is 0 Å². The summed E-state index contributed by atoms with van der Waals surface area (Å²) in [5, 5.41) is 3.20. The standard InChI is InChI=1S/C20H22ClN3O5S/c1-12-9-15(30(27,28)23(3)4)11-16(13(12)2)22-19(25)7-8-24-17-6-5-14(21)10-18(17)29-20(24)26/h5-6,9-11H,7-8H2,1-4H3,(H,22,25). The molecule has 1 heterocycles. The first-order valence-electron chi connectivity index (χ1n) is 9.13. The van der Waals surface area contributed by atoms with Gasteiger partial charge in [0.2, 0.25) is 15.9 Å². The Morgan fingerprint density at radius 1 is 1.20 bits per heavy atom. The van der Waals surface area contributed by atoms with Crippen molar-refractivity contribution < 1.29 is 17.6 Å². The number of aryl methyl sites for hydroxylation is 2. The van der Waals surface area contributed by atoms with E-state index in [0.717, 1.165) is 15.4 Å². The number of halogens is 1. The molecule has 1 aromatic heterocycles. The molecule has 0 saturated heterocycles. The zero-order valence-corrected chi connectivity index (χ0v) is 18.6. The van der Waals surface area contributed by atoms with Crippen molar-refractivity contribution in [3.05, 3.63) is 57.0 Å². The fourth-order valence-electron chi connectivity index (χ4n) is 2.99. The fourth-order valence-corrected chi connectivity index (χ4v) is 4.17. The quantitative estimate of drug-likeness (QED) is 0.620. The van der Waals surface area contributed by atoms with Gasteiger partial charge in [0, 0.05) is 43.8 Å². The van der Waals surface area contributed by atoms with E-state index >= 15 is 0 Å². The number of oxazole rings is 1. The van der Waals surface area contributed by atoms with Crippen molar-refractivity contribution in [3.63, 3.8) is 0 Å². The van der Waals surface area contributed by atoms with Crippen molar-refractivity contribution in [3.8, 4) is 0 Å². The van der Waals surface area contributed by atoms with Gasteiger partial charge in [0.05, 0.1) is 10.4 Å². The van der Waals surface area contributed by atoms with Crippen LogP contribution in [0.2, 0.25) is 5.02 Å². The first-order valence-corrected chi connectivity index (χ1v) is 10.9. The van der Waals surface area contributed by atoms with Crippen molar-refractivity contribution >= 4 is 44.3 Å². The third-order valence-corrected chi connectivity index (χ3v) is 6.91. The van der Waals surface area contributed by atoms with E-state index in [0.29, 0.717) is 21.8 Å². The molecule has 0 radical (unpaired) electrons. The lowest BCUT2D eigenvalue weighted by Crippen LogP contribution is -2.23. The Hall–Kier alpha value is -2.62. The van der Waals surface area contributed by atoms with Gasteiger partial charge in [0.15, 0.2) is 5.58 Å². The van der Waals surface area contributed by atoms with Gasteiger partial charge in [0.25, 0.3) is 0 Å². The van der Waals surface area contributed by atoms with Crippen LogP contribution in [0, 0.1) is 13.8 Å². The lowest BCUT2D eigenvalue weighted by molar-refractivity contribution is -0.116. The summed E-state index contributed by atoms with van der Waals surface area (Å²) in [6.45, 7) is 3.68. The number of hydrogen-bond acceptors (Lipinski definition) is 5. The van der Waals surface area contributed by atoms with E-state index in [4.69, 9.17) is 16.0 Å². The number of aromatic nitrogens is 1. The minimum atomic E-state index is -3.64. The molecule has 0 atom stereocenters. The van der Waals surface area contributed by atoms with Crippen LogP contribution in [0.25, 0.3) is 11.1 Å². The number of carbonyl (C=O) groups is 1. The van der Waals surface area contributed by atoms with Crippen LogP contribution in [-0.2, 0) is 21.4 Å². The predicted octanol–water partition coefficient (Wildman–Crippen LogP) is 3.14. The van der Waals surface area contributed by atoms with Gasteiger partial charge in [-0.05, 0) is 49.2 Å². The summed E-state index contributed by atoms with van der Waals surface area (Å²) in [6, 6.07) is 7.85. The number of hydrogen-bond donors (Lipinski definition) is 1. The lowest BCUT2D eigenvalue weighted by atomic mass is 10.1. The predicted molar refractivity (Wildman–Crippen MR) is 116 cm³/mol. The Morgan fingerprint density at radius 3 is 2.57 bits per heavy atom. The molecule has 1 amide bonds. The number of nitrogens with one attached hydrogen (secondary N) is 1. The van der Waals surface area contributed by atoms with Gasteiger partial charge in [-0.25, -0.2) is 17.5 Å². The van der Waals surface area contributed by atoms with Crippen LogP contribution < -0.4 is 11.1 Å². The van der Waals surface area contributed by atoms with Gasteiger partial charge in [-0.3, -0.25) is 9.36 Å². The van der Waals surface area contributed by atoms with Crippen LogP contribution >= 0.6 is 11.6 Å². The molecule has 0 unspecified atom stereocenters. The highest BCUT2D eigenvalue weighted by Gasteiger charge is 2.20. The normalized spacial score (nSPS) is 11.9. The molecule has 0 bridgehead atoms. The number of amides is 1. The molecule has 160 valence electrons. The summed E-state index contributed by atoms with van der Waals surface area (Å²) >= 11 is 5.91. The third kappa shape index (κ3) is 4.28. The van der Waals surface area contributed by atoms with Crippen molar-refractivity contribution in [2.75, 3.05) is 19.4 Å². The zero-order chi connectivity index (χ0) is 22.2. The second-order valence-electron chi connectivity index (χ2n) is 7.13. The summed E-state index contributed by atoms with van der Waals surface area (Å²) in [4.78, 5) is 24.7. The average molecular weight is 452 g/mol. The first-order chi connectivity index (χ1) is 14.0. The average Bonchev–Trinajstić information content (AvgIpc) is 2.97. The van der Waals surface area contributed by atoms with Crippen LogP contribution in [0.1, 0.15) is 17.5 Å². The molecule has 3 rings (SSSR count). The molecule has 30 heavy (non-hydrogen) atoms. The molecule has 0 saturated carbocycles. The maximum Gasteiger partial charge on any atom is 0.419 e. The minimum Gasteiger partial charge on any atom is -0.408 e. The topological polar surface area (TPSA) is 102 Å². The Bertz CT molecular complexity index is 1290. The van der Waals surface area contributed by atoms with E-state index in [2.05, 4.69) is 5.32 Å².